The number of nitrogens with one attached hydrogen (secondary N) is 3. The summed E-state index contributed by atoms with van der Waals surface area (Å²) in [5.74, 6) is 1.54. The average molecular weight is 502 g/mol. The van der Waals surface area contributed by atoms with Crippen molar-refractivity contribution in [2.24, 2.45) is 10.9 Å². The lowest BCUT2D eigenvalue weighted by molar-refractivity contribution is 0.0939. The molecule has 7 heteroatoms. The Kier molecular flexibility index (Phi) is 12.1. The van der Waals surface area contributed by atoms with E-state index in [0.717, 1.165) is 50.0 Å². The van der Waals surface area contributed by atoms with Gasteiger partial charge in [0, 0.05) is 45.0 Å². The Morgan fingerprint density at radius 2 is 2.11 bits per heavy atom. The number of hydrogen-bond donors (Lipinski definition) is 3. The molecular weight excluding hydrogens is 467 g/mol. The number of ether oxygens (including phenoxy) is 1. The highest BCUT2D eigenvalue weighted by Gasteiger charge is 2.20. The molecule has 1 aromatic rings. The number of benzene rings is 1. The summed E-state index contributed by atoms with van der Waals surface area (Å²) < 4.78 is 5.64. The molecule has 28 heavy (non-hydrogen) atoms. The van der Waals surface area contributed by atoms with Gasteiger partial charge in [0.1, 0.15) is 0 Å². The molecule has 1 saturated carbocycles. The van der Waals surface area contributed by atoms with E-state index in [0.29, 0.717) is 12.1 Å². The van der Waals surface area contributed by atoms with E-state index in [1.54, 1.807) is 7.05 Å². The molecule has 0 heterocycles. The van der Waals surface area contributed by atoms with Gasteiger partial charge in [-0.25, -0.2) is 0 Å². The number of aliphatic imine (C=N–C) groups is 1. The fourth-order valence-electron chi connectivity index (χ4n) is 2.55. The zero-order valence-corrected chi connectivity index (χ0v) is 19.6. The van der Waals surface area contributed by atoms with Crippen LogP contribution in [-0.4, -0.2) is 44.7 Å². The molecule has 1 unspecified atom stereocenters. The van der Waals surface area contributed by atoms with Crippen LogP contribution in [0.3, 0.4) is 0 Å². The summed E-state index contributed by atoms with van der Waals surface area (Å²) in [5.41, 5.74) is 1.73. The molecule has 0 spiro atoms. The average Bonchev–Trinajstić information content (AvgIpc) is 3.51. The van der Waals surface area contributed by atoms with Crippen LogP contribution in [0.15, 0.2) is 29.3 Å². The van der Waals surface area contributed by atoms with E-state index >= 15 is 0 Å². The molecule has 0 bridgehead atoms. The highest BCUT2D eigenvalue weighted by molar-refractivity contribution is 14.0. The number of carbonyl (C=O) groups excluding carboxylic acids is 1. The van der Waals surface area contributed by atoms with E-state index in [4.69, 9.17) is 4.74 Å². The molecule has 0 aromatic heterocycles. The molecule has 1 aliphatic rings. The topological polar surface area (TPSA) is 74.8 Å². The van der Waals surface area contributed by atoms with Crippen LogP contribution in [0.2, 0.25) is 0 Å². The Bertz CT molecular complexity index is 620. The van der Waals surface area contributed by atoms with Crippen LogP contribution in [0, 0.1) is 5.92 Å². The Hall–Kier alpha value is -1.35. The van der Waals surface area contributed by atoms with E-state index in [2.05, 4.69) is 27.9 Å². The summed E-state index contributed by atoms with van der Waals surface area (Å²) in [4.78, 5) is 16.5. The number of halogens is 1. The van der Waals surface area contributed by atoms with Crippen molar-refractivity contribution < 1.29 is 9.53 Å². The second-order valence-corrected chi connectivity index (χ2v) is 7.21. The van der Waals surface area contributed by atoms with Crippen molar-refractivity contribution in [1.29, 1.82) is 0 Å². The summed E-state index contributed by atoms with van der Waals surface area (Å²) in [7, 11) is 1.76. The van der Waals surface area contributed by atoms with E-state index in [-0.39, 0.29) is 35.9 Å². The molecule has 0 saturated heterocycles. The Labute approximate surface area is 186 Å². The minimum Gasteiger partial charge on any atom is -0.381 e. The van der Waals surface area contributed by atoms with Crippen LogP contribution in [-0.2, 0) is 11.3 Å². The van der Waals surface area contributed by atoms with Crippen molar-refractivity contribution >= 4 is 35.8 Å². The maximum atomic E-state index is 12.3. The molecule has 158 valence electrons. The van der Waals surface area contributed by atoms with Gasteiger partial charge in [-0.15, -0.1) is 24.0 Å². The number of hydrogen-bond acceptors (Lipinski definition) is 3. The maximum Gasteiger partial charge on any atom is 0.251 e. The predicted octanol–water partition coefficient (Wildman–Crippen LogP) is 3.31. The Morgan fingerprint density at radius 3 is 2.79 bits per heavy atom. The minimum absolute atomic E-state index is 0. The van der Waals surface area contributed by atoms with Gasteiger partial charge in [-0.05, 0) is 56.2 Å². The summed E-state index contributed by atoms with van der Waals surface area (Å²) in [6.07, 6.45) is 4.53. The highest BCUT2D eigenvalue weighted by Crippen LogP contribution is 2.28. The van der Waals surface area contributed by atoms with E-state index in [1.165, 1.54) is 12.8 Å². The summed E-state index contributed by atoms with van der Waals surface area (Å²) in [5, 5.41) is 9.58. The second-order valence-electron chi connectivity index (χ2n) is 7.21. The third kappa shape index (κ3) is 9.73. The van der Waals surface area contributed by atoms with Crippen LogP contribution in [0.25, 0.3) is 0 Å². The molecule has 1 aliphatic carbocycles. The molecule has 2 rings (SSSR count). The largest absolute Gasteiger partial charge is 0.381 e. The number of carbonyl (C=O) groups is 1. The first-order valence-corrected chi connectivity index (χ1v) is 10.0. The first-order valence-electron chi connectivity index (χ1n) is 10.0. The summed E-state index contributed by atoms with van der Waals surface area (Å²) >= 11 is 0. The van der Waals surface area contributed by atoms with Gasteiger partial charge in [0.15, 0.2) is 5.96 Å². The molecular formula is C21H35IN4O2. The predicted molar refractivity (Wildman–Crippen MR) is 125 cm³/mol. The van der Waals surface area contributed by atoms with Gasteiger partial charge < -0.3 is 20.7 Å². The normalized spacial score (nSPS) is 14.8. The molecule has 1 fully saturated rings. The third-order valence-corrected chi connectivity index (χ3v) is 4.67. The van der Waals surface area contributed by atoms with Gasteiger partial charge in [-0.1, -0.05) is 19.1 Å². The Balaban J connectivity index is 0.00000392. The minimum atomic E-state index is -0.0279. The van der Waals surface area contributed by atoms with E-state index < -0.39 is 0 Å². The van der Waals surface area contributed by atoms with Crippen molar-refractivity contribution in [2.45, 2.75) is 52.1 Å². The molecule has 1 aromatic carbocycles. The van der Waals surface area contributed by atoms with Gasteiger partial charge in [-0.3, -0.25) is 9.79 Å². The van der Waals surface area contributed by atoms with E-state index in [9.17, 15) is 4.79 Å². The lowest BCUT2D eigenvalue weighted by Gasteiger charge is -2.14. The smallest absolute Gasteiger partial charge is 0.251 e. The molecule has 3 N–H and O–H groups in total. The zero-order chi connectivity index (χ0) is 19.5. The molecule has 1 atom stereocenters. The van der Waals surface area contributed by atoms with Crippen LogP contribution in [0.4, 0.5) is 0 Å². The van der Waals surface area contributed by atoms with Gasteiger partial charge in [0.05, 0.1) is 0 Å². The molecule has 1 amide bonds. The summed E-state index contributed by atoms with van der Waals surface area (Å²) in [6, 6.07) is 7.86. The van der Waals surface area contributed by atoms with Crippen LogP contribution in [0.5, 0.6) is 0 Å². The van der Waals surface area contributed by atoms with Gasteiger partial charge in [0.2, 0.25) is 0 Å². The molecule has 0 radical (unpaired) electrons. The fourth-order valence-corrected chi connectivity index (χ4v) is 2.55. The van der Waals surface area contributed by atoms with Crippen LogP contribution < -0.4 is 16.0 Å². The monoisotopic (exact) mass is 502 g/mol. The number of guanidine groups is 1. The number of rotatable bonds is 11. The van der Waals surface area contributed by atoms with Gasteiger partial charge in [0.25, 0.3) is 5.91 Å². The lowest BCUT2D eigenvalue weighted by Crippen LogP contribution is -2.37. The van der Waals surface area contributed by atoms with Gasteiger partial charge in [-0.2, -0.15) is 0 Å². The molecule has 6 nitrogen and oxygen atoms in total. The van der Waals surface area contributed by atoms with Crippen molar-refractivity contribution in [2.75, 3.05) is 26.8 Å². The van der Waals surface area contributed by atoms with E-state index in [1.807, 2.05) is 31.2 Å². The SMILES string of the molecule is CCC(C)NC(=O)c1cccc(CNC(=NC)NCCCOCC2CC2)c1.I. The number of nitrogens with zero attached hydrogens (tertiary/aromatic N) is 1. The number of amides is 1. The second kappa shape index (κ2) is 13.8. The van der Waals surface area contributed by atoms with Crippen molar-refractivity contribution in [3.8, 4) is 0 Å². The fraction of sp³-hybridized carbons (Fsp3) is 0.619. The maximum absolute atomic E-state index is 12.3. The zero-order valence-electron chi connectivity index (χ0n) is 17.3. The van der Waals surface area contributed by atoms with Gasteiger partial charge >= 0.3 is 0 Å². The van der Waals surface area contributed by atoms with Crippen molar-refractivity contribution in [1.82, 2.24) is 16.0 Å². The molecule has 0 aliphatic heterocycles. The third-order valence-electron chi connectivity index (χ3n) is 4.67. The van der Waals surface area contributed by atoms with Crippen LogP contribution >= 0.6 is 24.0 Å². The quantitative estimate of drug-likeness (QED) is 0.188. The lowest BCUT2D eigenvalue weighted by atomic mass is 10.1. The van der Waals surface area contributed by atoms with Crippen molar-refractivity contribution in [3.63, 3.8) is 0 Å². The first-order chi connectivity index (χ1) is 13.1. The standard InChI is InChI=1S/C21H34N4O2.HI/c1-4-16(2)25-20(26)19-8-5-7-18(13-19)14-24-21(22-3)23-11-6-12-27-15-17-9-10-17;/h5,7-8,13,16-17H,4,6,9-12,14-15H2,1-3H3,(H,25,26)(H2,22,23,24);1H. The first kappa shape index (κ1) is 24.7. The van der Waals surface area contributed by atoms with Crippen molar-refractivity contribution in [3.05, 3.63) is 35.4 Å². The van der Waals surface area contributed by atoms with Crippen LogP contribution in [0.1, 0.15) is 55.5 Å². The Morgan fingerprint density at radius 1 is 1.32 bits per heavy atom. The summed E-state index contributed by atoms with van der Waals surface area (Å²) in [6.45, 7) is 7.20. The highest BCUT2D eigenvalue weighted by atomic mass is 127.